The van der Waals surface area contributed by atoms with E-state index in [1.807, 2.05) is 24.3 Å². The van der Waals surface area contributed by atoms with Crippen LogP contribution in [0.5, 0.6) is 0 Å². The van der Waals surface area contributed by atoms with Gasteiger partial charge in [-0.3, -0.25) is 0 Å². The van der Waals surface area contributed by atoms with Crippen LogP contribution in [0, 0.1) is 0 Å². The van der Waals surface area contributed by atoms with Crippen LogP contribution in [0.25, 0.3) is 11.1 Å². The van der Waals surface area contributed by atoms with Crippen LogP contribution >= 0.6 is 0 Å². The predicted octanol–water partition coefficient (Wildman–Crippen LogP) is 3.87. The Morgan fingerprint density at radius 1 is 1.16 bits per heavy atom. The van der Waals surface area contributed by atoms with Gasteiger partial charge in [-0.25, -0.2) is 4.79 Å². The Balaban J connectivity index is 1.46. The minimum absolute atomic E-state index is 0.0619. The fourth-order valence-corrected chi connectivity index (χ4v) is 3.79. The van der Waals surface area contributed by atoms with Gasteiger partial charge in [-0.05, 0) is 28.7 Å². The summed E-state index contributed by atoms with van der Waals surface area (Å²) < 4.78 is 11.1. The second kappa shape index (κ2) is 6.73. The minimum Gasteiger partial charge on any atom is -0.449 e. The molecule has 1 N–H and O–H groups in total. The van der Waals surface area contributed by atoms with Gasteiger partial charge in [0.1, 0.15) is 6.61 Å². The van der Waals surface area contributed by atoms with Crippen molar-refractivity contribution in [1.29, 1.82) is 0 Å². The molecule has 0 radical (unpaired) electrons. The number of nitrogens with one attached hydrogen (secondary N) is 1. The average molecular weight is 335 g/mol. The van der Waals surface area contributed by atoms with Gasteiger partial charge in [0.05, 0.1) is 12.1 Å². The number of carbonyl (C=O) groups excluding carboxylic acids is 1. The predicted molar refractivity (Wildman–Crippen MR) is 96.5 cm³/mol. The number of fused-ring (bicyclic) bond motifs is 3. The maximum atomic E-state index is 12.2. The molecule has 2 aliphatic rings. The lowest BCUT2D eigenvalue weighted by Crippen LogP contribution is -2.40. The number of rotatable bonds is 4. The maximum Gasteiger partial charge on any atom is 0.407 e. The molecule has 1 heterocycles. The van der Waals surface area contributed by atoms with Crippen molar-refractivity contribution >= 4 is 6.09 Å². The van der Waals surface area contributed by atoms with Crippen molar-refractivity contribution in [1.82, 2.24) is 5.32 Å². The van der Waals surface area contributed by atoms with Crippen LogP contribution in [0.2, 0.25) is 0 Å². The Bertz CT molecular complexity index is 756. The topological polar surface area (TPSA) is 47.6 Å². The first kappa shape index (κ1) is 15.9. The molecule has 2 atom stereocenters. The summed E-state index contributed by atoms with van der Waals surface area (Å²) in [4.78, 5) is 12.2. The third kappa shape index (κ3) is 2.94. The highest BCUT2D eigenvalue weighted by atomic mass is 16.5. The molecular formula is C21H21NO3. The van der Waals surface area contributed by atoms with Crippen molar-refractivity contribution < 1.29 is 14.3 Å². The van der Waals surface area contributed by atoms with Crippen LogP contribution in [0.3, 0.4) is 0 Å². The third-order valence-corrected chi connectivity index (χ3v) is 5.01. The number of benzene rings is 2. The number of amides is 1. The van der Waals surface area contributed by atoms with Crippen molar-refractivity contribution in [2.45, 2.75) is 24.5 Å². The summed E-state index contributed by atoms with van der Waals surface area (Å²) in [6.07, 6.45) is 1.96. The molecule has 0 aromatic heterocycles. The Hall–Kier alpha value is -2.59. The normalized spacial score (nSPS) is 21.4. The van der Waals surface area contributed by atoms with Gasteiger partial charge in [0.15, 0.2) is 0 Å². The molecule has 25 heavy (non-hydrogen) atoms. The molecule has 0 spiro atoms. The first-order valence-corrected chi connectivity index (χ1v) is 8.63. The van der Waals surface area contributed by atoms with E-state index in [1.54, 1.807) is 6.08 Å². The van der Waals surface area contributed by atoms with Gasteiger partial charge in [-0.1, -0.05) is 54.6 Å². The number of ether oxygens (including phenoxy) is 2. The van der Waals surface area contributed by atoms with Crippen molar-refractivity contribution in [3.05, 3.63) is 72.3 Å². The van der Waals surface area contributed by atoms with Gasteiger partial charge >= 0.3 is 6.09 Å². The molecule has 4 heteroatoms. The van der Waals surface area contributed by atoms with E-state index in [4.69, 9.17) is 9.47 Å². The zero-order chi connectivity index (χ0) is 17.2. The summed E-state index contributed by atoms with van der Waals surface area (Å²) in [5.74, 6) is 0.0770. The van der Waals surface area contributed by atoms with E-state index in [1.165, 1.54) is 22.3 Å². The van der Waals surface area contributed by atoms with Gasteiger partial charge < -0.3 is 14.8 Å². The van der Waals surface area contributed by atoms with Crippen molar-refractivity contribution in [2.24, 2.45) is 0 Å². The van der Waals surface area contributed by atoms with Crippen LogP contribution in [0.15, 0.2) is 61.2 Å². The second-order valence-corrected chi connectivity index (χ2v) is 6.44. The Morgan fingerprint density at radius 2 is 1.80 bits per heavy atom. The summed E-state index contributed by atoms with van der Waals surface area (Å²) in [5.41, 5.74) is 4.88. The molecule has 1 aliphatic carbocycles. The van der Waals surface area contributed by atoms with Crippen LogP contribution in [0.1, 0.15) is 23.5 Å². The summed E-state index contributed by atoms with van der Waals surface area (Å²) in [6, 6.07) is 16.6. The number of hydrogen-bond donors (Lipinski definition) is 1. The highest BCUT2D eigenvalue weighted by molar-refractivity contribution is 5.79. The number of carbonyl (C=O) groups is 1. The lowest BCUT2D eigenvalue weighted by atomic mass is 9.98. The van der Waals surface area contributed by atoms with Gasteiger partial charge in [0, 0.05) is 12.5 Å². The lowest BCUT2D eigenvalue weighted by Gasteiger charge is -2.18. The summed E-state index contributed by atoms with van der Waals surface area (Å²) in [7, 11) is 0. The highest BCUT2D eigenvalue weighted by Gasteiger charge is 2.31. The first-order valence-electron chi connectivity index (χ1n) is 8.63. The monoisotopic (exact) mass is 335 g/mol. The number of alkyl carbamates (subject to hydrolysis) is 1. The Morgan fingerprint density at radius 3 is 2.44 bits per heavy atom. The smallest absolute Gasteiger partial charge is 0.407 e. The summed E-state index contributed by atoms with van der Waals surface area (Å²) in [5, 5.41) is 2.89. The zero-order valence-electron chi connectivity index (χ0n) is 14.0. The average Bonchev–Trinajstić information content (AvgIpc) is 3.22. The number of hydrogen-bond acceptors (Lipinski definition) is 3. The van der Waals surface area contributed by atoms with E-state index in [0.717, 1.165) is 6.42 Å². The van der Waals surface area contributed by atoms with E-state index in [-0.39, 0.29) is 18.1 Å². The van der Waals surface area contributed by atoms with Crippen LogP contribution in [0.4, 0.5) is 4.79 Å². The summed E-state index contributed by atoms with van der Waals surface area (Å²) >= 11 is 0. The molecule has 1 amide bonds. The minimum atomic E-state index is -0.399. The molecular weight excluding hydrogens is 314 g/mol. The molecule has 1 aliphatic heterocycles. The molecule has 2 aromatic rings. The molecule has 2 aromatic carbocycles. The molecule has 4 rings (SSSR count). The van der Waals surface area contributed by atoms with Crippen LogP contribution in [-0.2, 0) is 9.47 Å². The van der Waals surface area contributed by atoms with Gasteiger partial charge in [0.25, 0.3) is 0 Å². The van der Waals surface area contributed by atoms with E-state index in [0.29, 0.717) is 13.2 Å². The fourth-order valence-electron chi connectivity index (χ4n) is 3.79. The molecule has 1 saturated heterocycles. The van der Waals surface area contributed by atoms with Gasteiger partial charge in [0.2, 0.25) is 0 Å². The lowest BCUT2D eigenvalue weighted by molar-refractivity contribution is 0.118. The van der Waals surface area contributed by atoms with E-state index in [2.05, 4.69) is 36.2 Å². The zero-order valence-corrected chi connectivity index (χ0v) is 14.0. The molecule has 0 bridgehead atoms. The van der Waals surface area contributed by atoms with Crippen molar-refractivity contribution in [3.63, 3.8) is 0 Å². The third-order valence-electron chi connectivity index (χ3n) is 5.01. The Labute approximate surface area is 147 Å². The largest absolute Gasteiger partial charge is 0.449 e. The Kier molecular flexibility index (Phi) is 4.28. The quantitative estimate of drug-likeness (QED) is 0.863. The molecule has 1 fully saturated rings. The van der Waals surface area contributed by atoms with E-state index in [9.17, 15) is 4.79 Å². The summed E-state index contributed by atoms with van der Waals surface area (Å²) in [6.45, 7) is 4.70. The first-order chi connectivity index (χ1) is 12.3. The molecule has 4 nitrogen and oxygen atoms in total. The fraction of sp³-hybridized carbons (Fsp3) is 0.286. The maximum absolute atomic E-state index is 12.2. The molecule has 0 unspecified atom stereocenters. The molecule has 128 valence electrons. The van der Waals surface area contributed by atoms with E-state index >= 15 is 0 Å². The van der Waals surface area contributed by atoms with Crippen molar-refractivity contribution in [2.75, 3.05) is 13.2 Å². The second-order valence-electron chi connectivity index (χ2n) is 6.44. The van der Waals surface area contributed by atoms with E-state index < -0.39 is 6.09 Å². The molecule has 0 saturated carbocycles. The van der Waals surface area contributed by atoms with Gasteiger partial charge in [-0.2, -0.15) is 0 Å². The van der Waals surface area contributed by atoms with Gasteiger partial charge in [-0.15, -0.1) is 6.58 Å². The van der Waals surface area contributed by atoms with Crippen LogP contribution < -0.4 is 5.32 Å². The highest BCUT2D eigenvalue weighted by Crippen LogP contribution is 2.44. The SMILES string of the molecule is C=C[C@@H]1OCC[C@H]1NC(=O)OCC1c2ccccc2-c2ccccc21. The standard InChI is InChI=1S/C21H21NO3/c1-2-20-19(11-12-24-20)22-21(23)25-13-18-16-9-5-3-7-14(16)15-8-4-6-10-17(15)18/h2-10,18-20H,1,11-13H2,(H,22,23)/t19-,20+/m1/s1. The van der Waals surface area contributed by atoms with Crippen LogP contribution in [-0.4, -0.2) is 31.5 Å². The van der Waals surface area contributed by atoms with Crippen molar-refractivity contribution in [3.8, 4) is 11.1 Å².